The molecule has 2 aromatic rings. The summed E-state index contributed by atoms with van der Waals surface area (Å²) in [7, 11) is 0. The minimum atomic E-state index is 0.256. The van der Waals surface area contributed by atoms with E-state index in [4.69, 9.17) is 0 Å². The monoisotopic (exact) mass is 366 g/mol. The third-order valence-electron chi connectivity index (χ3n) is 3.06. The van der Waals surface area contributed by atoms with Crippen molar-refractivity contribution in [3.8, 4) is 0 Å². The molecule has 0 aliphatic rings. The number of rotatable bonds is 3. The normalized spacial score (nSPS) is 12.7. The predicted molar refractivity (Wildman–Crippen MR) is 85.4 cm³/mol. The summed E-state index contributed by atoms with van der Waals surface area (Å²) in [4.78, 5) is 0.256. The molecule has 1 atom stereocenters. The van der Waals surface area contributed by atoms with Gasteiger partial charge in [-0.3, -0.25) is 0 Å². The van der Waals surface area contributed by atoms with Crippen LogP contribution in [0.25, 0.3) is 0 Å². The highest BCUT2D eigenvalue weighted by molar-refractivity contribution is 9.10. The van der Waals surface area contributed by atoms with Crippen LogP contribution in [0.2, 0.25) is 0 Å². The van der Waals surface area contributed by atoms with E-state index in [2.05, 4.69) is 94.2 Å². The van der Waals surface area contributed by atoms with Crippen molar-refractivity contribution in [3.05, 3.63) is 69.7 Å². The molecule has 0 radical (unpaired) electrons. The Morgan fingerprint density at radius 3 is 1.56 bits per heavy atom. The zero-order valence-corrected chi connectivity index (χ0v) is 13.7. The van der Waals surface area contributed by atoms with E-state index >= 15 is 0 Å². The van der Waals surface area contributed by atoms with Gasteiger partial charge >= 0.3 is 0 Å². The summed E-state index contributed by atoms with van der Waals surface area (Å²) in [5.41, 5.74) is 3.95. The van der Waals surface area contributed by atoms with Gasteiger partial charge in [0.05, 0.1) is 4.83 Å². The van der Waals surface area contributed by atoms with Gasteiger partial charge in [0.1, 0.15) is 0 Å². The lowest BCUT2D eigenvalue weighted by atomic mass is 9.99. The summed E-state index contributed by atoms with van der Waals surface area (Å²) in [5, 5.41) is 0. The van der Waals surface area contributed by atoms with Crippen molar-refractivity contribution < 1.29 is 0 Å². The molecule has 2 rings (SSSR count). The first-order chi connectivity index (χ1) is 8.58. The quantitative estimate of drug-likeness (QED) is 0.578. The van der Waals surface area contributed by atoms with Crippen LogP contribution in [-0.4, -0.2) is 0 Å². The third-order valence-corrected chi connectivity index (χ3v) is 4.64. The van der Waals surface area contributed by atoms with Crippen LogP contribution in [0.3, 0.4) is 0 Å². The lowest BCUT2D eigenvalue weighted by Crippen LogP contribution is -1.94. The highest BCUT2D eigenvalue weighted by Gasteiger charge is 2.10. The van der Waals surface area contributed by atoms with Gasteiger partial charge in [-0.25, -0.2) is 0 Å². The van der Waals surface area contributed by atoms with Crippen molar-refractivity contribution in [2.45, 2.75) is 24.6 Å². The summed E-state index contributed by atoms with van der Waals surface area (Å²) < 4.78 is 1.11. The van der Waals surface area contributed by atoms with E-state index in [0.717, 1.165) is 4.47 Å². The van der Waals surface area contributed by atoms with Crippen molar-refractivity contribution in [1.82, 2.24) is 0 Å². The molecule has 0 aliphatic carbocycles. The second-order valence-electron chi connectivity index (χ2n) is 4.74. The third kappa shape index (κ3) is 3.24. The average molecular weight is 368 g/mol. The molecule has 0 amide bonds. The van der Waals surface area contributed by atoms with E-state index in [0.29, 0.717) is 5.92 Å². The molecule has 0 nitrogen and oxygen atoms in total. The van der Waals surface area contributed by atoms with E-state index in [1.165, 1.54) is 16.7 Å². The SMILES string of the molecule is CC(C)c1ccc(C(Br)c2ccc(Br)cc2)cc1. The Kier molecular flexibility index (Phi) is 4.63. The maximum Gasteiger partial charge on any atom is 0.0644 e. The molecule has 0 saturated carbocycles. The van der Waals surface area contributed by atoms with Crippen molar-refractivity contribution in [3.63, 3.8) is 0 Å². The van der Waals surface area contributed by atoms with E-state index in [9.17, 15) is 0 Å². The van der Waals surface area contributed by atoms with Crippen LogP contribution in [0, 0.1) is 0 Å². The molecule has 0 heterocycles. The first-order valence-electron chi connectivity index (χ1n) is 6.07. The lowest BCUT2D eigenvalue weighted by molar-refractivity contribution is 0.865. The van der Waals surface area contributed by atoms with Crippen LogP contribution in [0.5, 0.6) is 0 Å². The van der Waals surface area contributed by atoms with Crippen molar-refractivity contribution in [1.29, 1.82) is 0 Å². The van der Waals surface area contributed by atoms with E-state index in [1.54, 1.807) is 0 Å². The first kappa shape index (κ1) is 13.8. The van der Waals surface area contributed by atoms with Gasteiger partial charge < -0.3 is 0 Å². The Morgan fingerprint density at radius 1 is 0.722 bits per heavy atom. The molecule has 94 valence electrons. The summed E-state index contributed by atoms with van der Waals surface area (Å²) in [5.74, 6) is 0.584. The maximum atomic E-state index is 3.76. The van der Waals surface area contributed by atoms with Crippen LogP contribution < -0.4 is 0 Å². The number of hydrogen-bond donors (Lipinski definition) is 0. The topological polar surface area (TPSA) is 0 Å². The minimum absolute atomic E-state index is 0.256. The molecular weight excluding hydrogens is 352 g/mol. The van der Waals surface area contributed by atoms with E-state index in [-0.39, 0.29) is 4.83 Å². The van der Waals surface area contributed by atoms with Crippen molar-refractivity contribution in [2.24, 2.45) is 0 Å². The van der Waals surface area contributed by atoms with Gasteiger partial charge in [0, 0.05) is 4.47 Å². The number of hydrogen-bond acceptors (Lipinski definition) is 0. The Hall–Kier alpha value is -0.600. The predicted octanol–water partition coefficient (Wildman–Crippen LogP) is 6.06. The van der Waals surface area contributed by atoms with Crippen molar-refractivity contribution in [2.75, 3.05) is 0 Å². The van der Waals surface area contributed by atoms with Crippen LogP contribution in [0.15, 0.2) is 53.0 Å². The Labute approximate surface area is 126 Å². The molecule has 0 spiro atoms. The molecule has 0 N–H and O–H groups in total. The molecule has 1 unspecified atom stereocenters. The fraction of sp³-hybridized carbons (Fsp3) is 0.250. The number of alkyl halides is 1. The first-order valence-corrected chi connectivity index (χ1v) is 7.78. The largest absolute Gasteiger partial charge is 0.0786 e. The second kappa shape index (κ2) is 6.03. The van der Waals surface area contributed by atoms with Crippen LogP contribution in [-0.2, 0) is 0 Å². The summed E-state index contributed by atoms with van der Waals surface area (Å²) in [6.07, 6.45) is 0. The average Bonchev–Trinajstić information content (AvgIpc) is 2.39. The smallest absolute Gasteiger partial charge is 0.0644 e. The fourth-order valence-electron chi connectivity index (χ4n) is 1.87. The van der Waals surface area contributed by atoms with Gasteiger partial charge in [-0.2, -0.15) is 0 Å². The van der Waals surface area contributed by atoms with Gasteiger partial charge in [-0.1, -0.05) is 82.1 Å². The summed E-state index contributed by atoms with van der Waals surface area (Å²) >= 11 is 7.23. The number of benzene rings is 2. The fourth-order valence-corrected chi connectivity index (χ4v) is 2.75. The Balaban J connectivity index is 2.23. The molecule has 0 saturated heterocycles. The van der Waals surface area contributed by atoms with Crippen LogP contribution in [0.4, 0.5) is 0 Å². The van der Waals surface area contributed by atoms with Gasteiger partial charge in [0.25, 0.3) is 0 Å². The van der Waals surface area contributed by atoms with Gasteiger partial charge in [-0.15, -0.1) is 0 Å². The van der Waals surface area contributed by atoms with Crippen molar-refractivity contribution >= 4 is 31.9 Å². The van der Waals surface area contributed by atoms with Crippen LogP contribution >= 0.6 is 31.9 Å². The van der Waals surface area contributed by atoms with Crippen LogP contribution in [0.1, 0.15) is 41.3 Å². The summed E-state index contributed by atoms with van der Waals surface area (Å²) in [6, 6.07) is 17.3. The van der Waals surface area contributed by atoms with E-state index in [1.807, 2.05) is 0 Å². The molecule has 2 aromatic carbocycles. The molecule has 0 bridgehead atoms. The lowest BCUT2D eigenvalue weighted by Gasteiger charge is -2.12. The Bertz CT molecular complexity index is 498. The molecule has 0 aromatic heterocycles. The zero-order valence-electron chi connectivity index (χ0n) is 10.5. The summed E-state index contributed by atoms with van der Waals surface area (Å²) in [6.45, 7) is 4.44. The second-order valence-corrected chi connectivity index (χ2v) is 6.57. The molecular formula is C16H16Br2. The van der Waals surface area contributed by atoms with Gasteiger partial charge in [-0.05, 0) is 34.7 Å². The molecule has 0 fully saturated rings. The minimum Gasteiger partial charge on any atom is -0.0786 e. The highest BCUT2D eigenvalue weighted by atomic mass is 79.9. The zero-order chi connectivity index (χ0) is 13.1. The maximum absolute atomic E-state index is 3.76. The van der Waals surface area contributed by atoms with Gasteiger partial charge in [0.15, 0.2) is 0 Å². The molecule has 0 aliphatic heterocycles. The van der Waals surface area contributed by atoms with Gasteiger partial charge in [0.2, 0.25) is 0 Å². The standard InChI is InChI=1S/C16H16Br2/c1-11(2)12-3-5-13(6-4-12)16(18)14-7-9-15(17)10-8-14/h3-11,16H,1-2H3. The number of halogens is 2. The highest BCUT2D eigenvalue weighted by Crippen LogP contribution is 2.32. The van der Waals surface area contributed by atoms with E-state index < -0.39 is 0 Å². The Morgan fingerprint density at radius 2 is 1.11 bits per heavy atom. The molecule has 2 heteroatoms. The molecule has 18 heavy (non-hydrogen) atoms.